The van der Waals surface area contributed by atoms with Crippen LogP contribution in [0.4, 0.5) is 4.79 Å². The lowest BCUT2D eigenvalue weighted by molar-refractivity contribution is -0.130. The summed E-state index contributed by atoms with van der Waals surface area (Å²) >= 11 is 0. The van der Waals surface area contributed by atoms with Gasteiger partial charge in [-0.3, -0.25) is 9.48 Å². The molecular formula is C20H25N5O2. The highest BCUT2D eigenvalue weighted by Crippen LogP contribution is 2.21. The Hall–Kier alpha value is -2.96. The van der Waals surface area contributed by atoms with Gasteiger partial charge in [-0.15, -0.1) is 5.01 Å². The number of benzene rings is 1. The lowest BCUT2D eigenvalue weighted by Crippen LogP contribution is -2.42. The van der Waals surface area contributed by atoms with E-state index < -0.39 is 11.6 Å². The van der Waals surface area contributed by atoms with E-state index in [4.69, 9.17) is 0 Å². The second-order valence-corrected chi connectivity index (χ2v) is 7.21. The molecule has 1 fully saturated rings. The number of amides is 3. The number of aryl methyl sites for hydroxylation is 2. The van der Waals surface area contributed by atoms with E-state index in [2.05, 4.69) is 46.7 Å². The van der Waals surface area contributed by atoms with Gasteiger partial charge >= 0.3 is 6.03 Å². The maximum atomic E-state index is 12.4. The van der Waals surface area contributed by atoms with Crippen molar-refractivity contribution in [3.05, 3.63) is 52.3 Å². The maximum absolute atomic E-state index is 12.4. The number of aromatic nitrogens is 2. The van der Waals surface area contributed by atoms with Crippen molar-refractivity contribution in [2.24, 2.45) is 5.10 Å². The lowest BCUT2D eigenvalue weighted by atomic mass is 10.00. The Morgan fingerprint density at radius 1 is 1.19 bits per heavy atom. The SMILES string of the molecule is CC[C@]1(C)NC(=O)N(N=Cc2c(C)nn(Cc3ccc(C)cc3)c2C)C1=O. The molecule has 7 nitrogen and oxygen atoms in total. The minimum atomic E-state index is -0.895. The standard InChI is InChI=1S/C20H25N5O2/c1-6-20(5)18(26)25(19(27)22-20)21-11-17-14(3)23-24(15(17)4)12-16-9-7-13(2)8-10-16/h7-11H,6,12H2,1-5H3,(H,22,27)/t20-/m0/s1. The van der Waals surface area contributed by atoms with Crippen LogP contribution in [0.25, 0.3) is 0 Å². The zero-order valence-corrected chi connectivity index (χ0v) is 16.4. The Morgan fingerprint density at radius 3 is 2.44 bits per heavy atom. The second kappa shape index (κ2) is 6.98. The fraction of sp³-hybridized carbons (Fsp3) is 0.400. The summed E-state index contributed by atoms with van der Waals surface area (Å²) < 4.78 is 1.91. The van der Waals surface area contributed by atoms with Crippen molar-refractivity contribution >= 4 is 18.2 Å². The Labute approximate surface area is 159 Å². The van der Waals surface area contributed by atoms with E-state index in [1.807, 2.05) is 25.5 Å². The molecule has 7 heteroatoms. The summed E-state index contributed by atoms with van der Waals surface area (Å²) in [5.74, 6) is -0.339. The molecule has 1 aliphatic rings. The third-order valence-corrected chi connectivity index (χ3v) is 5.14. The fourth-order valence-electron chi connectivity index (χ4n) is 3.05. The number of hydrogen-bond acceptors (Lipinski definition) is 4. The van der Waals surface area contributed by atoms with Crippen LogP contribution in [0.3, 0.4) is 0 Å². The van der Waals surface area contributed by atoms with Gasteiger partial charge in [0, 0.05) is 11.3 Å². The molecule has 0 saturated carbocycles. The van der Waals surface area contributed by atoms with Gasteiger partial charge in [-0.05, 0) is 39.7 Å². The second-order valence-electron chi connectivity index (χ2n) is 7.21. The molecule has 0 aliphatic carbocycles. The molecule has 1 saturated heterocycles. The smallest absolute Gasteiger partial charge is 0.322 e. The van der Waals surface area contributed by atoms with Crippen LogP contribution >= 0.6 is 0 Å². The molecule has 142 valence electrons. The van der Waals surface area contributed by atoms with E-state index in [0.717, 1.165) is 27.5 Å². The molecule has 0 spiro atoms. The van der Waals surface area contributed by atoms with Crippen LogP contribution in [0.5, 0.6) is 0 Å². The average Bonchev–Trinajstić information content (AvgIpc) is 3.02. The number of imide groups is 1. The van der Waals surface area contributed by atoms with E-state index in [1.165, 1.54) is 5.56 Å². The van der Waals surface area contributed by atoms with Crippen molar-refractivity contribution in [2.45, 2.75) is 53.1 Å². The van der Waals surface area contributed by atoms with E-state index in [1.54, 1.807) is 13.1 Å². The molecule has 1 N–H and O–H groups in total. The normalized spacial score (nSPS) is 20.0. The van der Waals surface area contributed by atoms with Gasteiger partial charge in [-0.25, -0.2) is 4.79 Å². The molecule has 1 aromatic heterocycles. The van der Waals surface area contributed by atoms with Gasteiger partial charge in [0.1, 0.15) is 5.54 Å². The summed E-state index contributed by atoms with van der Waals surface area (Å²) in [6, 6.07) is 7.82. The number of hydrogen-bond donors (Lipinski definition) is 1. The highest BCUT2D eigenvalue weighted by Gasteiger charge is 2.46. The van der Waals surface area contributed by atoms with Crippen LogP contribution in [0.15, 0.2) is 29.4 Å². The number of nitrogens with one attached hydrogen (secondary N) is 1. The predicted octanol–water partition coefficient (Wildman–Crippen LogP) is 2.91. The molecule has 3 rings (SSSR count). The maximum Gasteiger partial charge on any atom is 0.346 e. The highest BCUT2D eigenvalue weighted by atomic mass is 16.2. The molecule has 1 aromatic carbocycles. The lowest BCUT2D eigenvalue weighted by Gasteiger charge is -2.17. The molecule has 0 bridgehead atoms. The van der Waals surface area contributed by atoms with Crippen molar-refractivity contribution in [1.82, 2.24) is 20.1 Å². The van der Waals surface area contributed by atoms with Crippen molar-refractivity contribution in [2.75, 3.05) is 0 Å². The summed E-state index contributed by atoms with van der Waals surface area (Å²) in [6.45, 7) is 10.1. The summed E-state index contributed by atoms with van der Waals surface area (Å²) in [5, 5.41) is 12.3. The Balaban J connectivity index is 1.83. The Bertz CT molecular complexity index is 913. The third-order valence-electron chi connectivity index (χ3n) is 5.14. The van der Waals surface area contributed by atoms with Crippen molar-refractivity contribution in [3.8, 4) is 0 Å². The van der Waals surface area contributed by atoms with E-state index in [9.17, 15) is 9.59 Å². The molecular weight excluding hydrogens is 342 g/mol. The number of urea groups is 1. The first-order valence-corrected chi connectivity index (χ1v) is 9.05. The van der Waals surface area contributed by atoms with Crippen LogP contribution in [0.2, 0.25) is 0 Å². The van der Waals surface area contributed by atoms with Crippen LogP contribution in [0.1, 0.15) is 48.3 Å². The highest BCUT2D eigenvalue weighted by molar-refractivity contribution is 6.07. The van der Waals surface area contributed by atoms with E-state index >= 15 is 0 Å². The topological polar surface area (TPSA) is 79.6 Å². The van der Waals surface area contributed by atoms with Gasteiger partial charge in [0.15, 0.2) is 0 Å². The van der Waals surface area contributed by atoms with Crippen molar-refractivity contribution < 1.29 is 9.59 Å². The van der Waals surface area contributed by atoms with Gasteiger partial charge in [-0.1, -0.05) is 36.8 Å². The minimum absolute atomic E-state index is 0.339. The number of rotatable bonds is 5. The predicted molar refractivity (Wildman–Crippen MR) is 104 cm³/mol. The van der Waals surface area contributed by atoms with Gasteiger partial charge in [0.25, 0.3) is 5.91 Å². The zero-order valence-electron chi connectivity index (χ0n) is 16.4. The molecule has 2 aromatic rings. The molecule has 0 unspecified atom stereocenters. The quantitative estimate of drug-likeness (QED) is 0.652. The number of carbonyl (C=O) groups is 2. The number of carbonyl (C=O) groups excluding carboxylic acids is 2. The van der Waals surface area contributed by atoms with Gasteiger partial charge in [0.05, 0.1) is 18.5 Å². The number of nitrogens with zero attached hydrogens (tertiary/aromatic N) is 4. The summed E-state index contributed by atoms with van der Waals surface area (Å²) in [7, 11) is 0. The van der Waals surface area contributed by atoms with Crippen molar-refractivity contribution in [3.63, 3.8) is 0 Å². The Kier molecular flexibility index (Phi) is 4.87. The van der Waals surface area contributed by atoms with Gasteiger partial charge in [-0.2, -0.15) is 10.2 Å². The summed E-state index contributed by atoms with van der Waals surface area (Å²) in [5.41, 5.74) is 4.02. The molecule has 3 amide bonds. The fourth-order valence-corrected chi connectivity index (χ4v) is 3.05. The zero-order chi connectivity index (χ0) is 19.8. The summed E-state index contributed by atoms with van der Waals surface area (Å²) in [6.07, 6.45) is 2.05. The first-order valence-electron chi connectivity index (χ1n) is 9.05. The molecule has 2 heterocycles. The molecule has 27 heavy (non-hydrogen) atoms. The molecule has 1 atom stereocenters. The molecule has 0 radical (unpaired) electrons. The number of hydrazone groups is 1. The van der Waals surface area contributed by atoms with Crippen LogP contribution in [0, 0.1) is 20.8 Å². The summed E-state index contributed by atoms with van der Waals surface area (Å²) in [4.78, 5) is 24.5. The van der Waals surface area contributed by atoms with Crippen molar-refractivity contribution in [1.29, 1.82) is 0 Å². The van der Waals surface area contributed by atoms with E-state index in [0.29, 0.717) is 13.0 Å². The largest absolute Gasteiger partial charge is 0.346 e. The average molecular weight is 367 g/mol. The van der Waals surface area contributed by atoms with Gasteiger partial charge in [0.2, 0.25) is 0 Å². The van der Waals surface area contributed by atoms with Gasteiger partial charge < -0.3 is 5.32 Å². The van der Waals surface area contributed by atoms with Crippen LogP contribution < -0.4 is 5.32 Å². The van der Waals surface area contributed by atoms with Crippen LogP contribution in [-0.2, 0) is 11.3 Å². The molecule has 1 aliphatic heterocycles. The Morgan fingerprint density at radius 2 is 1.85 bits per heavy atom. The van der Waals surface area contributed by atoms with E-state index in [-0.39, 0.29) is 5.91 Å². The monoisotopic (exact) mass is 367 g/mol. The van der Waals surface area contributed by atoms with Crippen LogP contribution in [-0.4, -0.2) is 38.5 Å². The third kappa shape index (κ3) is 3.49. The first-order chi connectivity index (χ1) is 12.7. The first kappa shape index (κ1) is 18.8. The minimum Gasteiger partial charge on any atom is -0.322 e.